The van der Waals surface area contributed by atoms with Crippen molar-refractivity contribution < 1.29 is 32.2 Å². The van der Waals surface area contributed by atoms with Gasteiger partial charge in [0.2, 0.25) is 0 Å². The molecule has 11 heteroatoms. The average Bonchev–Trinajstić information content (AvgIpc) is 3.22. The van der Waals surface area contributed by atoms with Crippen LogP contribution in [0.2, 0.25) is 0 Å². The zero-order valence-corrected chi connectivity index (χ0v) is 17.9. The first-order valence-electron chi connectivity index (χ1n) is 8.83. The van der Waals surface area contributed by atoms with Gasteiger partial charge in [-0.05, 0) is 26.7 Å². The van der Waals surface area contributed by atoms with Crippen molar-refractivity contribution in [1.29, 1.82) is 0 Å². The maximum absolute atomic E-state index is 13.1. The number of carbonyl (C=O) groups is 2. The fraction of sp³-hybridized carbons (Fsp3) is 0.647. The molecule has 0 aromatic carbocycles. The normalized spacial score (nSPS) is 20.9. The molecule has 9 nitrogen and oxygen atoms in total. The molecule has 0 aliphatic carbocycles. The molecule has 2 aliphatic heterocycles. The number of rotatable bonds is 5. The Labute approximate surface area is 168 Å². The molecule has 0 saturated carbocycles. The second-order valence-corrected chi connectivity index (χ2v) is 10.3. The van der Waals surface area contributed by atoms with Crippen molar-refractivity contribution in [2.75, 3.05) is 33.9 Å². The van der Waals surface area contributed by atoms with Gasteiger partial charge >= 0.3 is 12.1 Å². The molecule has 0 spiro atoms. The Morgan fingerprint density at radius 1 is 1.29 bits per heavy atom. The molecule has 156 valence electrons. The van der Waals surface area contributed by atoms with Gasteiger partial charge in [-0.25, -0.2) is 18.0 Å². The fourth-order valence-electron chi connectivity index (χ4n) is 3.68. The number of piperidine rings is 1. The third kappa shape index (κ3) is 3.46. The van der Waals surface area contributed by atoms with E-state index in [1.165, 1.54) is 23.9 Å². The number of methoxy groups -OCH3 is 2. The first kappa shape index (κ1) is 20.9. The van der Waals surface area contributed by atoms with Crippen LogP contribution in [0.25, 0.3) is 0 Å². The predicted octanol–water partition coefficient (Wildman–Crippen LogP) is 1.93. The number of cyclic esters (lactones) is 1. The van der Waals surface area contributed by atoms with Gasteiger partial charge in [-0.3, -0.25) is 4.90 Å². The van der Waals surface area contributed by atoms with Gasteiger partial charge in [0.05, 0.1) is 19.8 Å². The zero-order chi connectivity index (χ0) is 20.7. The van der Waals surface area contributed by atoms with Crippen LogP contribution in [0.5, 0.6) is 5.75 Å². The number of thiophene rings is 1. The molecule has 1 aromatic rings. The van der Waals surface area contributed by atoms with Crippen LogP contribution in [-0.4, -0.2) is 75.2 Å². The highest BCUT2D eigenvalue weighted by Gasteiger charge is 2.46. The summed E-state index contributed by atoms with van der Waals surface area (Å²) in [6.45, 7) is 4.73. The van der Waals surface area contributed by atoms with E-state index < -0.39 is 21.5 Å². The van der Waals surface area contributed by atoms with Crippen molar-refractivity contribution in [3.8, 4) is 5.75 Å². The molecule has 28 heavy (non-hydrogen) atoms. The van der Waals surface area contributed by atoms with Crippen molar-refractivity contribution in [2.45, 2.75) is 42.5 Å². The van der Waals surface area contributed by atoms with E-state index >= 15 is 0 Å². The molecule has 2 saturated heterocycles. The first-order valence-corrected chi connectivity index (χ1v) is 11.2. The van der Waals surface area contributed by atoms with Gasteiger partial charge in [0, 0.05) is 24.5 Å². The largest absolute Gasteiger partial charge is 0.494 e. The molecule has 2 fully saturated rings. The maximum atomic E-state index is 13.1. The Balaban J connectivity index is 1.78. The molecule has 2 aliphatic rings. The second kappa shape index (κ2) is 7.53. The molecule has 1 aromatic heterocycles. The van der Waals surface area contributed by atoms with E-state index in [4.69, 9.17) is 9.47 Å². The smallest absolute Gasteiger partial charge is 0.410 e. The topological polar surface area (TPSA) is 102 Å². The Bertz CT molecular complexity index is 870. The van der Waals surface area contributed by atoms with Crippen LogP contribution in [0.4, 0.5) is 4.79 Å². The third-order valence-electron chi connectivity index (χ3n) is 5.08. The molecular formula is C17H24N2O7S2. The van der Waals surface area contributed by atoms with Crippen molar-refractivity contribution in [1.82, 2.24) is 9.21 Å². The van der Waals surface area contributed by atoms with E-state index in [9.17, 15) is 18.0 Å². The van der Waals surface area contributed by atoms with Gasteiger partial charge in [0.15, 0.2) is 9.96 Å². The van der Waals surface area contributed by atoms with Crippen LogP contribution < -0.4 is 4.74 Å². The van der Waals surface area contributed by atoms with Gasteiger partial charge in [0.1, 0.15) is 12.2 Å². The Hall–Kier alpha value is -1.85. The fourth-order valence-corrected chi connectivity index (χ4v) is 6.71. The summed E-state index contributed by atoms with van der Waals surface area (Å²) in [6, 6.07) is -0.0766. The Morgan fingerprint density at radius 2 is 1.93 bits per heavy atom. The van der Waals surface area contributed by atoms with E-state index in [-0.39, 0.29) is 40.7 Å². The summed E-state index contributed by atoms with van der Waals surface area (Å²) in [4.78, 5) is 25.6. The SMILES string of the molecule is COC(=O)c1csc(S(=O)(=O)N2CCC(N3C(=O)OCC3(C)C)CC2)c1OC. The maximum Gasteiger partial charge on any atom is 0.410 e. The van der Waals surface area contributed by atoms with Gasteiger partial charge in [-0.15, -0.1) is 11.3 Å². The highest BCUT2D eigenvalue weighted by molar-refractivity contribution is 7.91. The minimum atomic E-state index is -3.83. The predicted molar refractivity (Wildman–Crippen MR) is 101 cm³/mol. The average molecular weight is 433 g/mol. The third-order valence-corrected chi connectivity index (χ3v) is 8.46. The number of amides is 1. The van der Waals surface area contributed by atoms with E-state index in [1.807, 2.05) is 13.8 Å². The van der Waals surface area contributed by atoms with Gasteiger partial charge in [0.25, 0.3) is 10.0 Å². The van der Waals surface area contributed by atoms with Gasteiger partial charge < -0.3 is 14.2 Å². The number of ether oxygens (including phenoxy) is 3. The van der Waals surface area contributed by atoms with E-state index in [0.717, 1.165) is 11.3 Å². The Kier molecular flexibility index (Phi) is 5.61. The molecule has 0 N–H and O–H groups in total. The molecule has 0 bridgehead atoms. The molecular weight excluding hydrogens is 408 g/mol. The molecule has 0 atom stereocenters. The lowest BCUT2D eigenvalue weighted by molar-refractivity contribution is 0.0597. The van der Waals surface area contributed by atoms with Crippen molar-refractivity contribution in [2.24, 2.45) is 0 Å². The number of carbonyl (C=O) groups excluding carboxylic acids is 2. The summed E-state index contributed by atoms with van der Waals surface area (Å²) in [5.74, 6) is -0.647. The number of sulfonamides is 1. The summed E-state index contributed by atoms with van der Waals surface area (Å²) in [6.07, 6.45) is 0.666. The van der Waals surface area contributed by atoms with Crippen LogP contribution in [-0.2, 0) is 19.5 Å². The van der Waals surface area contributed by atoms with E-state index in [1.54, 1.807) is 4.90 Å². The molecule has 1 amide bonds. The van der Waals surface area contributed by atoms with Crippen LogP contribution in [0, 0.1) is 0 Å². The summed E-state index contributed by atoms with van der Waals surface area (Å²) in [7, 11) is -1.28. The first-order chi connectivity index (χ1) is 13.1. The second-order valence-electron chi connectivity index (χ2n) is 7.33. The number of esters is 1. The molecule has 3 heterocycles. The van der Waals surface area contributed by atoms with Gasteiger partial charge in [-0.1, -0.05) is 0 Å². The summed E-state index contributed by atoms with van der Waals surface area (Å²) in [5.41, 5.74) is -0.320. The molecule has 0 unspecified atom stereocenters. The van der Waals surface area contributed by atoms with Crippen molar-refractivity contribution in [3.63, 3.8) is 0 Å². The molecule has 3 rings (SSSR count). The number of hydrogen-bond acceptors (Lipinski definition) is 8. The lowest BCUT2D eigenvalue weighted by atomic mass is 9.98. The lowest BCUT2D eigenvalue weighted by Gasteiger charge is -2.40. The quantitative estimate of drug-likeness (QED) is 0.655. The monoisotopic (exact) mass is 432 g/mol. The summed E-state index contributed by atoms with van der Waals surface area (Å²) in [5, 5.41) is 1.42. The van der Waals surface area contributed by atoms with Crippen LogP contribution in [0.1, 0.15) is 37.0 Å². The van der Waals surface area contributed by atoms with Gasteiger partial charge in [-0.2, -0.15) is 4.31 Å². The van der Waals surface area contributed by atoms with Crippen LogP contribution in [0.15, 0.2) is 9.59 Å². The summed E-state index contributed by atoms with van der Waals surface area (Å²) >= 11 is 0.931. The number of hydrogen-bond donors (Lipinski definition) is 0. The minimum Gasteiger partial charge on any atom is -0.494 e. The Morgan fingerprint density at radius 3 is 2.43 bits per heavy atom. The standard InChI is InChI=1S/C17H24N2O7S2/c1-17(2)10-26-16(21)19(17)11-5-7-18(8-6-11)28(22,23)15-13(24-3)12(9-27-15)14(20)25-4/h9,11H,5-8,10H2,1-4H3. The van der Waals surface area contributed by atoms with Crippen molar-refractivity contribution in [3.05, 3.63) is 10.9 Å². The van der Waals surface area contributed by atoms with Crippen LogP contribution in [0.3, 0.4) is 0 Å². The lowest BCUT2D eigenvalue weighted by Crippen LogP contribution is -2.53. The minimum absolute atomic E-state index is 0.00299. The molecule has 0 radical (unpaired) electrons. The zero-order valence-electron chi connectivity index (χ0n) is 16.3. The van der Waals surface area contributed by atoms with Crippen molar-refractivity contribution >= 4 is 33.4 Å². The van der Waals surface area contributed by atoms with E-state index in [0.29, 0.717) is 19.4 Å². The number of nitrogens with zero attached hydrogens (tertiary/aromatic N) is 2. The highest BCUT2D eigenvalue weighted by Crippen LogP contribution is 2.38. The van der Waals surface area contributed by atoms with E-state index in [2.05, 4.69) is 4.74 Å². The summed E-state index contributed by atoms with van der Waals surface area (Å²) < 4.78 is 42.6. The van der Waals surface area contributed by atoms with Crippen LogP contribution >= 0.6 is 11.3 Å². The highest BCUT2D eigenvalue weighted by atomic mass is 32.2.